The zero-order valence-corrected chi connectivity index (χ0v) is 20.9. The standard InChI is InChI=1S/C30H26O8/c1-36-28-5-3-4-23(30(28)38-19-21-6-10-22(11-7-21)27(35)18-31)12-14-25(33)17-24(32)13-8-20-9-15-26(34)29(16-20)37-2/h3-16,18,34H,17,19H2,1-2H3. The number of carbonyl (C=O) groups is 4. The predicted octanol–water partition coefficient (Wildman–Crippen LogP) is 4.62. The van der Waals surface area contributed by atoms with Crippen molar-refractivity contribution in [2.45, 2.75) is 13.0 Å². The van der Waals surface area contributed by atoms with Gasteiger partial charge in [-0.1, -0.05) is 48.5 Å². The minimum atomic E-state index is -0.603. The van der Waals surface area contributed by atoms with Crippen LogP contribution in [0.2, 0.25) is 0 Å². The maximum Gasteiger partial charge on any atom is 0.225 e. The van der Waals surface area contributed by atoms with Gasteiger partial charge in [-0.2, -0.15) is 0 Å². The van der Waals surface area contributed by atoms with E-state index in [4.69, 9.17) is 14.2 Å². The van der Waals surface area contributed by atoms with Crippen LogP contribution >= 0.6 is 0 Å². The number of ether oxygens (including phenoxy) is 3. The van der Waals surface area contributed by atoms with Crippen LogP contribution in [0.3, 0.4) is 0 Å². The summed E-state index contributed by atoms with van der Waals surface area (Å²) in [7, 11) is 2.92. The van der Waals surface area contributed by atoms with E-state index in [1.165, 1.54) is 38.5 Å². The topological polar surface area (TPSA) is 116 Å². The van der Waals surface area contributed by atoms with Gasteiger partial charge in [0.2, 0.25) is 5.78 Å². The van der Waals surface area contributed by atoms with Crippen LogP contribution in [0.25, 0.3) is 12.2 Å². The van der Waals surface area contributed by atoms with Gasteiger partial charge in [-0.05, 0) is 47.6 Å². The van der Waals surface area contributed by atoms with E-state index in [-0.39, 0.29) is 42.2 Å². The van der Waals surface area contributed by atoms with Gasteiger partial charge >= 0.3 is 0 Å². The van der Waals surface area contributed by atoms with E-state index in [1.807, 2.05) is 0 Å². The Labute approximate surface area is 219 Å². The van der Waals surface area contributed by atoms with Gasteiger partial charge in [-0.3, -0.25) is 19.2 Å². The molecule has 0 aliphatic carbocycles. The van der Waals surface area contributed by atoms with E-state index >= 15 is 0 Å². The average Bonchev–Trinajstić information content (AvgIpc) is 2.94. The second-order valence-corrected chi connectivity index (χ2v) is 8.05. The molecule has 0 saturated carbocycles. The fraction of sp³-hybridized carbons (Fsp3) is 0.133. The summed E-state index contributed by atoms with van der Waals surface area (Å²) < 4.78 is 16.4. The summed E-state index contributed by atoms with van der Waals surface area (Å²) >= 11 is 0. The number of hydrogen-bond donors (Lipinski definition) is 1. The van der Waals surface area contributed by atoms with E-state index in [1.54, 1.807) is 60.7 Å². The molecule has 0 fully saturated rings. The summed E-state index contributed by atoms with van der Waals surface area (Å²) in [6.07, 6.45) is 5.62. The van der Waals surface area contributed by atoms with Crippen LogP contribution in [-0.2, 0) is 21.0 Å². The average molecular weight is 515 g/mol. The van der Waals surface area contributed by atoms with Crippen LogP contribution in [-0.4, -0.2) is 43.0 Å². The molecule has 0 radical (unpaired) electrons. The molecule has 0 aliphatic heterocycles. The number of aromatic hydroxyl groups is 1. The van der Waals surface area contributed by atoms with Crippen LogP contribution in [0, 0.1) is 0 Å². The maximum absolute atomic E-state index is 12.4. The van der Waals surface area contributed by atoms with Crippen molar-refractivity contribution in [1.29, 1.82) is 0 Å². The normalized spacial score (nSPS) is 10.9. The second-order valence-electron chi connectivity index (χ2n) is 8.05. The molecule has 0 aromatic heterocycles. The quantitative estimate of drug-likeness (QED) is 0.115. The van der Waals surface area contributed by atoms with E-state index < -0.39 is 11.6 Å². The molecule has 1 N–H and O–H groups in total. The lowest BCUT2D eigenvalue weighted by atomic mass is 10.1. The Morgan fingerprint density at radius 3 is 2.18 bits per heavy atom. The van der Waals surface area contributed by atoms with E-state index in [9.17, 15) is 24.3 Å². The lowest BCUT2D eigenvalue weighted by Crippen LogP contribution is -2.03. The number of Topliss-reactive ketones (excluding diaryl/α,β-unsaturated/α-hetero) is 1. The molecule has 3 aromatic rings. The van der Waals surface area contributed by atoms with Crippen molar-refractivity contribution in [3.63, 3.8) is 0 Å². The van der Waals surface area contributed by atoms with Gasteiger partial charge in [-0.25, -0.2) is 0 Å². The summed E-state index contributed by atoms with van der Waals surface area (Å²) in [5.74, 6) is -0.261. The lowest BCUT2D eigenvalue weighted by molar-refractivity contribution is -0.121. The number of allylic oxidation sites excluding steroid dienone is 2. The van der Waals surface area contributed by atoms with Crippen molar-refractivity contribution >= 4 is 35.8 Å². The molecule has 0 spiro atoms. The molecule has 194 valence electrons. The first-order valence-electron chi connectivity index (χ1n) is 11.5. The summed E-state index contributed by atoms with van der Waals surface area (Å²) in [5.41, 5.74) is 2.26. The molecule has 0 amide bonds. The largest absolute Gasteiger partial charge is 0.504 e. The van der Waals surface area contributed by atoms with Gasteiger partial charge < -0.3 is 19.3 Å². The smallest absolute Gasteiger partial charge is 0.225 e. The Morgan fingerprint density at radius 1 is 0.842 bits per heavy atom. The van der Waals surface area contributed by atoms with Gasteiger partial charge in [0.15, 0.2) is 40.9 Å². The number of para-hydroxylation sites is 1. The van der Waals surface area contributed by atoms with Crippen molar-refractivity contribution in [3.05, 3.63) is 95.1 Å². The molecule has 38 heavy (non-hydrogen) atoms. The number of phenols is 1. The van der Waals surface area contributed by atoms with Gasteiger partial charge in [0.25, 0.3) is 0 Å². The number of rotatable bonds is 13. The van der Waals surface area contributed by atoms with Gasteiger partial charge in [0.1, 0.15) is 6.61 Å². The maximum atomic E-state index is 12.4. The fourth-order valence-electron chi connectivity index (χ4n) is 3.43. The van der Waals surface area contributed by atoms with Gasteiger partial charge in [0, 0.05) is 11.1 Å². The highest BCUT2D eigenvalue weighted by Crippen LogP contribution is 2.33. The van der Waals surface area contributed by atoms with Crippen molar-refractivity contribution in [3.8, 4) is 23.0 Å². The van der Waals surface area contributed by atoms with Crippen LogP contribution in [0.15, 0.2) is 72.8 Å². The number of carbonyl (C=O) groups excluding carboxylic acids is 4. The van der Waals surface area contributed by atoms with Crippen molar-refractivity contribution in [2.75, 3.05) is 14.2 Å². The molecule has 0 aliphatic rings. The number of methoxy groups -OCH3 is 2. The van der Waals surface area contributed by atoms with Gasteiger partial charge in [0.05, 0.1) is 20.6 Å². The molecule has 3 rings (SSSR count). The number of ketones is 3. The first kappa shape index (κ1) is 27.6. The summed E-state index contributed by atoms with van der Waals surface area (Å²) in [4.78, 5) is 46.8. The summed E-state index contributed by atoms with van der Waals surface area (Å²) in [5, 5.41) is 9.66. The molecular formula is C30H26O8. The lowest BCUT2D eigenvalue weighted by Gasteiger charge is -2.13. The molecule has 0 bridgehead atoms. The minimum Gasteiger partial charge on any atom is -0.504 e. The van der Waals surface area contributed by atoms with Crippen LogP contribution in [0.1, 0.15) is 33.5 Å². The van der Waals surface area contributed by atoms with Crippen LogP contribution in [0.5, 0.6) is 23.0 Å². The molecular weight excluding hydrogens is 488 g/mol. The zero-order valence-electron chi connectivity index (χ0n) is 20.9. The highest BCUT2D eigenvalue weighted by Gasteiger charge is 2.11. The van der Waals surface area contributed by atoms with Crippen LogP contribution in [0.4, 0.5) is 0 Å². The third-order valence-corrected chi connectivity index (χ3v) is 5.42. The highest BCUT2D eigenvalue weighted by atomic mass is 16.5. The fourth-order valence-corrected chi connectivity index (χ4v) is 3.43. The molecule has 0 saturated heterocycles. The SMILES string of the molecule is COc1cc(C=CC(=O)CC(=O)C=Cc2cccc(OC)c2OCc2ccc(C(=O)C=O)cc2)ccc1O. The van der Waals surface area contributed by atoms with Crippen molar-refractivity contribution in [2.24, 2.45) is 0 Å². The third-order valence-electron chi connectivity index (χ3n) is 5.42. The number of aldehydes is 1. The predicted molar refractivity (Wildman–Crippen MR) is 142 cm³/mol. The third kappa shape index (κ3) is 7.51. The Balaban J connectivity index is 1.66. The molecule has 0 heterocycles. The number of benzene rings is 3. The Bertz CT molecular complexity index is 1380. The monoisotopic (exact) mass is 514 g/mol. The summed E-state index contributed by atoms with van der Waals surface area (Å²) in [6, 6.07) is 16.3. The van der Waals surface area contributed by atoms with E-state index in [2.05, 4.69) is 0 Å². The van der Waals surface area contributed by atoms with Crippen molar-refractivity contribution in [1.82, 2.24) is 0 Å². The van der Waals surface area contributed by atoms with E-state index in [0.29, 0.717) is 22.6 Å². The number of phenolic OH excluding ortho intramolecular Hbond substituents is 1. The van der Waals surface area contributed by atoms with Gasteiger partial charge in [-0.15, -0.1) is 0 Å². The first-order valence-corrected chi connectivity index (χ1v) is 11.5. The molecule has 0 unspecified atom stereocenters. The Hall–Kier alpha value is -4.98. The highest BCUT2D eigenvalue weighted by molar-refractivity contribution is 6.33. The molecule has 3 aromatic carbocycles. The summed E-state index contributed by atoms with van der Waals surface area (Å²) in [6.45, 7) is 0.149. The van der Waals surface area contributed by atoms with Crippen LogP contribution < -0.4 is 14.2 Å². The molecule has 0 atom stereocenters. The Kier molecular flexibility index (Phi) is 9.71. The Morgan fingerprint density at radius 2 is 1.53 bits per heavy atom. The first-order chi connectivity index (χ1) is 18.3. The van der Waals surface area contributed by atoms with E-state index in [0.717, 1.165) is 5.56 Å². The molecule has 8 nitrogen and oxygen atoms in total. The second kappa shape index (κ2) is 13.4. The number of hydrogen-bond acceptors (Lipinski definition) is 8. The molecule has 8 heteroatoms. The minimum absolute atomic E-state index is 0.0128. The van der Waals surface area contributed by atoms with Crippen molar-refractivity contribution < 1.29 is 38.5 Å². The zero-order chi connectivity index (χ0) is 27.5.